The van der Waals surface area contributed by atoms with Crippen LogP contribution in [0.4, 0.5) is 5.82 Å². The Balaban J connectivity index is 2.81. The third-order valence-corrected chi connectivity index (χ3v) is 2.67. The molecule has 0 spiro atoms. The minimum Gasteiger partial charge on any atom is -0.389 e. The molecule has 2 N–H and O–H groups in total. The molecule has 0 aliphatic rings. The van der Waals surface area contributed by atoms with Gasteiger partial charge in [-0.05, 0) is 38.5 Å². The molecule has 1 atom stereocenters. The van der Waals surface area contributed by atoms with Crippen LogP contribution in [-0.2, 0) is 4.79 Å². The summed E-state index contributed by atoms with van der Waals surface area (Å²) in [6, 6.07) is 3.58. The van der Waals surface area contributed by atoms with Crippen molar-refractivity contribution in [3.63, 3.8) is 0 Å². The van der Waals surface area contributed by atoms with Crippen molar-refractivity contribution in [3.05, 3.63) is 23.9 Å². The second-order valence-corrected chi connectivity index (χ2v) is 4.09. The number of carbonyl (C=O) groups excluding carboxylic acids is 1. The van der Waals surface area contributed by atoms with Gasteiger partial charge in [-0.2, -0.15) is 0 Å². The van der Waals surface area contributed by atoms with E-state index in [1.54, 1.807) is 19.2 Å². The van der Waals surface area contributed by atoms with Crippen LogP contribution >= 0.6 is 0 Å². The Morgan fingerprint density at radius 1 is 1.56 bits per heavy atom. The second-order valence-electron chi connectivity index (χ2n) is 4.09. The minimum absolute atomic E-state index is 0.0244. The number of amides is 1. The number of anilines is 1. The molecule has 0 saturated heterocycles. The molecule has 0 aliphatic heterocycles. The van der Waals surface area contributed by atoms with Gasteiger partial charge in [0.25, 0.3) is 0 Å². The molecule has 1 aromatic heterocycles. The van der Waals surface area contributed by atoms with Gasteiger partial charge in [0.2, 0.25) is 5.91 Å². The lowest BCUT2D eigenvalue weighted by Gasteiger charge is -2.22. The molecule has 0 aliphatic carbocycles. The predicted octanol–water partition coefficient (Wildman–Crippen LogP) is 1.10. The molecule has 0 fully saturated rings. The van der Waals surface area contributed by atoms with E-state index in [2.05, 4.69) is 10.3 Å². The second kappa shape index (κ2) is 6.96. The minimum atomic E-state index is -0.532. The summed E-state index contributed by atoms with van der Waals surface area (Å²) in [5.41, 5.74) is 0.800. The molecule has 1 aromatic rings. The number of hydrogen-bond donors (Lipinski definition) is 2. The average molecular weight is 251 g/mol. The van der Waals surface area contributed by atoms with Crippen molar-refractivity contribution in [1.82, 2.24) is 10.3 Å². The highest BCUT2D eigenvalue weighted by molar-refractivity contribution is 5.80. The van der Waals surface area contributed by atoms with Crippen LogP contribution in [0, 0.1) is 0 Å². The Labute approximate surface area is 108 Å². The zero-order valence-corrected chi connectivity index (χ0v) is 11.2. The summed E-state index contributed by atoms with van der Waals surface area (Å²) in [6.45, 7) is 7.15. The molecule has 0 unspecified atom stereocenters. The number of nitrogens with zero attached hydrogens (tertiary/aromatic N) is 2. The summed E-state index contributed by atoms with van der Waals surface area (Å²) in [4.78, 5) is 17.7. The van der Waals surface area contributed by atoms with Crippen LogP contribution in [-0.4, -0.2) is 35.6 Å². The molecular formula is C13H21N3O2. The standard InChI is InChI=1S/C13H21N3O2/c1-4-14-13(18)9-16(5-2)12-8-11(10(3)17)6-7-15-12/h6-8,10,17H,4-5,9H2,1-3H3,(H,14,18)/t10-/m1/s1. The first kappa shape index (κ1) is 14.4. The van der Waals surface area contributed by atoms with Gasteiger partial charge in [-0.25, -0.2) is 4.98 Å². The molecule has 5 heteroatoms. The largest absolute Gasteiger partial charge is 0.389 e. The third-order valence-electron chi connectivity index (χ3n) is 2.67. The number of likely N-dealkylation sites (N-methyl/N-ethyl adjacent to an activating group) is 2. The van der Waals surface area contributed by atoms with Gasteiger partial charge in [0.1, 0.15) is 5.82 Å². The van der Waals surface area contributed by atoms with Crippen LogP contribution in [0.2, 0.25) is 0 Å². The van der Waals surface area contributed by atoms with E-state index in [9.17, 15) is 9.90 Å². The van der Waals surface area contributed by atoms with Gasteiger partial charge < -0.3 is 15.3 Å². The van der Waals surface area contributed by atoms with E-state index in [4.69, 9.17) is 0 Å². The first-order chi connectivity index (χ1) is 8.58. The van der Waals surface area contributed by atoms with E-state index < -0.39 is 6.10 Å². The van der Waals surface area contributed by atoms with E-state index >= 15 is 0 Å². The molecule has 5 nitrogen and oxygen atoms in total. The Bertz CT molecular complexity index is 394. The first-order valence-corrected chi connectivity index (χ1v) is 6.24. The molecule has 1 rings (SSSR count). The fourth-order valence-electron chi connectivity index (χ4n) is 1.65. The van der Waals surface area contributed by atoms with Crippen LogP contribution in [0.1, 0.15) is 32.4 Å². The van der Waals surface area contributed by atoms with Crippen molar-refractivity contribution in [1.29, 1.82) is 0 Å². The smallest absolute Gasteiger partial charge is 0.239 e. The summed E-state index contributed by atoms with van der Waals surface area (Å²) in [7, 11) is 0. The van der Waals surface area contributed by atoms with E-state index in [1.165, 1.54) is 0 Å². The fourth-order valence-corrected chi connectivity index (χ4v) is 1.65. The predicted molar refractivity (Wildman–Crippen MR) is 71.4 cm³/mol. The van der Waals surface area contributed by atoms with Crippen molar-refractivity contribution in [3.8, 4) is 0 Å². The van der Waals surface area contributed by atoms with E-state index in [-0.39, 0.29) is 12.5 Å². The summed E-state index contributed by atoms with van der Waals surface area (Å²) >= 11 is 0. The van der Waals surface area contributed by atoms with Crippen LogP contribution in [0.5, 0.6) is 0 Å². The molecule has 18 heavy (non-hydrogen) atoms. The van der Waals surface area contributed by atoms with Gasteiger partial charge in [0.05, 0.1) is 12.6 Å². The number of hydrogen-bond acceptors (Lipinski definition) is 4. The summed E-state index contributed by atoms with van der Waals surface area (Å²) in [5, 5.41) is 12.3. The lowest BCUT2D eigenvalue weighted by Crippen LogP contribution is -2.37. The van der Waals surface area contributed by atoms with Crippen LogP contribution in [0.3, 0.4) is 0 Å². The Morgan fingerprint density at radius 2 is 2.28 bits per heavy atom. The molecule has 0 saturated carbocycles. The lowest BCUT2D eigenvalue weighted by molar-refractivity contribution is -0.119. The molecule has 1 heterocycles. The van der Waals surface area contributed by atoms with Crippen molar-refractivity contribution >= 4 is 11.7 Å². The SMILES string of the molecule is CCNC(=O)CN(CC)c1cc([C@@H](C)O)ccn1. The number of pyridine rings is 1. The Hall–Kier alpha value is -1.62. The number of aromatic nitrogens is 1. The lowest BCUT2D eigenvalue weighted by atomic mass is 10.1. The van der Waals surface area contributed by atoms with Gasteiger partial charge in [0, 0.05) is 19.3 Å². The molecule has 1 amide bonds. The van der Waals surface area contributed by atoms with Crippen molar-refractivity contribution in [2.24, 2.45) is 0 Å². The van der Waals surface area contributed by atoms with Crippen molar-refractivity contribution in [2.45, 2.75) is 26.9 Å². The quantitative estimate of drug-likeness (QED) is 0.794. The van der Waals surface area contributed by atoms with Crippen LogP contribution in [0.15, 0.2) is 18.3 Å². The number of aliphatic hydroxyl groups is 1. The van der Waals surface area contributed by atoms with Crippen LogP contribution in [0.25, 0.3) is 0 Å². The number of aliphatic hydroxyl groups excluding tert-OH is 1. The zero-order valence-electron chi connectivity index (χ0n) is 11.2. The highest BCUT2D eigenvalue weighted by atomic mass is 16.3. The summed E-state index contributed by atoms with van der Waals surface area (Å²) in [5.74, 6) is 0.686. The normalized spacial score (nSPS) is 12.0. The topological polar surface area (TPSA) is 65.5 Å². The van der Waals surface area contributed by atoms with Gasteiger partial charge in [-0.3, -0.25) is 4.79 Å². The maximum absolute atomic E-state index is 11.6. The van der Waals surface area contributed by atoms with Crippen molar-refractivity contribution in [2.75, 3.05) is 24.5 Å². The van der Waals surface area contributed by atoms with E-state index in [0.29, 0.717) is 18.9 Å². The maximum atomic E-state index is 11.6. The van der Waals surface area contributed by atoms with E-state index in [1.807, 2.05) is 24.8 Å². The number of rotatable bonds is 6. The van der Waals surface area contributed by atoms with Crippen LogP contribution < -0.4 is 10.2 Å². The zero-order chi connectivity index (χ0) is 13.5. The van der Waals surface area contributed by atoms with Crippen molar-refractivity contribution < 1.29 is 9.90 Å². The Morgan fingerprint density at radius 3 is 2.83 bits per heavy atom. The highest BCUT2D eigenvalue weighted by Gasteiger charge is 2.12. The molecular weight excluding hydrogens is 230 g/mol. The molecule has 0 radical (unpaired) electrons. The van der Waals surface area contributed by atoms with Gasteiger partial charge in [0.15, 0.2) is 0 Å². The Kier molecular flexibility index (Phi) is 5.58. The maximum Gasteiger partial charge on any atom is 0.239 e. The van der Waals surface area contributed by atoms with Gasteiger partial charge in [-0.1, -0.05) is 0 Å². The molecule has 0 aromatic carbocycles. The molecule has 100 valence electrons. The van der Waals surface area contributed by atoms with Gasteiger partial charge >= 0.3 is 0 Å². The number of nitrogens with one attached hydrogen (secondary N) is 1. The molecule has 0 bridgehead atoms. The van der Waals surface area contributed by atoms with E-state index in [0.717, 1.165) is 5.56 Å². The third kappa shape index (κ3) is 4.00. The first-order valence-electron chi connectivity index (χ1n) is 6.24. The average Bonchev–Trinajstić information content (AvgIpc) is 2.36. The highest BCUT2D eigenvalue weighted by Crippen LogP contribution is 2.17. The summed E-state index contributed by atoms with van der Waals surface area (Å²) in [6.07, 6.45) is 1.12. The number of carbonyl (C=O) groups is 1. The fraction of sp³-hybridized carbons (Fsp3) is 0.538. The summed E-state index contributed by atoms with van der Waals surface area (Å²) < 4.78 is 0. The monoisotopic (exact) mass is 251 g/mol. The van der Waals surface area contributed by atoms with Gasteiger partial charge in [-0.15, -0.1) is 0 Å².